The summed E-state index contributed by atoms with van der Waals surface area (Å²) < 4.78 is 10.5. The molecule has 0 saturated heterocycles. The number of pyridine rings is 1. The van der Waals surface area contributed by atoms with Crippen LogP contribution in [0.1, 0.15) is 49.7 Å². The first-order valence-corrected chi connectivity index (χ1v) is 17.5. The maximum absolute atomic E-state index is 13.1. The van der Waals surface area contributed by atoms with Crippen LogP contribution in [0.5, 0.6) is 0 Å². The van der Waals surface area contributed by atoms with E-state index in [9.17, 15) is 19.2 Å². The lowest BCUT2D eigenvalue weighted by Gasteiger charge is -2.24. The van der Waals surface area contributed by atoms with Crippen LogP contribution in [0.2, 0.25) is 0 Å². The van der Waals surface area contributed by atoms with Gasteiger partial charge in [-0.05, 0) is 74.4 Å². The van der Waals surface area contributed by atoms with Gasteiger partial charge in [-0.2, -0.15) is 9.97 Å². The number of esters is 1. The molecule has 3 heterocycles. The van der Waals surface area contributed by atoms with Crippen LogP contribution in [-0.2, 0) is 25.6 Å². The van der Waals surface area contributed by atoms with Crippen molar-refractivity contribution in [1.29, 1.82) is 0 Å². The third kappa shape index (κ3) is 12.2. The van der Waals surface area contributed by atoms with E-state index in [1.165, 1.54) is 27.8 Å². The number of rotatable bonds is 14. The van der Waals surface area contributed by atoms with Crippen molar-refractivity contribution < 1.29 is 28.7 Å². The second-order valence-corrected chi connectivity index (χ2v) is 13.8. The molecule has 1 aromatic carbocycles. The Morgan fingerprint density at radius 3 is 2.46 bits per heavy atom. The zero-order valence-corrected chi connectivity index (χ0v) is 29.1. The van der Waals surface area contributed by atoms with Gasteiger partial charge in [0.15, 0.2) is 17.0 Å². The molecule has 0 fully saturated rings. The van der Waals surface area contributed by atoms with E-state index in [1.807, 2.05) is 18.2 Å². The van der Waals surface area contributed by atoms with Crippen molar-refractivity contribution in [2.24, 2.45) is 0 Å². The molecule has 0 bridgehead atoms. The lowest BCUT2D eigenvalue weighted by atomic mass is 10.1. The number of carbonyl (C=O) groups is 4. The fourth-order valence-corrected chi connectivity index (χ4v) is 5.73. The molecule has 1 atom stereocenters. The normalized spacial score (nSPS) is 11.7. The highest BCUT2D eigenvalue weighted by molar-refractivity contribution is 8.76. The number of ether oxygens (including phenoxy) is 2. The molecule has 264 valence electrons. The second kappa shape index (κ2) is 17.8. The number of nitrogens with one attached hydrogen (secondary N) is 4. The van der Waals surface area contributed by atoms with Crippen LogP contribution >= 0.6 is 21.6 Å². The monoisotopic (exact) mass is 723 g/mol. The zero-order chi connectivity index (χ0) is 36.1. The number of carbonyl (C=O) groups excluding carboxylic acids is 4. The summed E-state index contributed by atoms with van der Waals surface area (Å²) in [5.41, 5.74) is 17.2. The summed E-state index contributed by atoms with van der Waals surface area (Å²) in [4.78, 5) is 71.2. The van der Waals surface area contributed by atoms with Crippen LogP contribution in [0.15, 0.2) is 59.9 Å². The second-order valence-electron chi connectivity index (χ2n) is 11.4. The molecule has 0 saturated carbocycles. The van der Waals surface area contributed by atoms with E-state index < -0.39 is 35.5 Å². The number of benzene rings is 1. The smallest absolute Gasteiger partial charge is 0.426 e. The highest BCUT2D eigenvalue weighted by Crippen LogP contribution is 2.28. The summed E-state index contributed by atoms with van der Waals surface area (Å²) >= 11 is 0. The van der Waals surface area contributed by atoms with Crippen LogP contribution in [0.25, 0.3) is 11.2 Å². The summed E-state index contributed by atoms with van der Waals surface area (Å²) in [6.45, 7) is 5.47. The first-order valence-electron chi connectivity index (χ1n) is 15.2. The van der Waals surface area contributed by atoms with Gasteiger partial charge in [-0.1, -0.05) is 16.9 Å². The number of nitrogens with zero attached hydrogens (tertiary/aromatic N) is 5. The Balaban J connectivity index is 1.24. The first-order chi connectivity index (χ1) is 23.9. The summed E-state index contributed by atoms with van der Waals surface area (Å²) in [5.74, 6) is -1.23. The van der Waals surface area contributed by atoms with Gasteiger partial charge in [0, 0.05) is 29.6 Å². The van der Waals surface area contributed by atoms with Crippen LogP contribution in [-0.4, -0.2) is 72.8 Å². The number of hydrogen-bond donors (Lipinski definition) is 6. The number of fused-ring (bicyclic) bond motifs is 1. The Labute approximate surface area is 295 Å². The highest BCUT2D eigenvalue weighted by atomic mass is 33.1. The molecule has 50 heavy (non-hydrogen) atoms. The van der Waals surface area contributed by atoms with Crippen molar-refractivity contribution in [1.82, 2.24) is 41.1 Å². The highest BCUT2D eigenvalue weighted by Gasteiger charge is 2.28. The van der Waals surface area contributed by atoms with Crippen LogP contribution in [0.4, 0.5) is 22.2 Å². The van der Waals surface area contributed by atoms with Gasteiger partial charge in [0.1, 0.15) is 23.3 Å². The van der Waals surface area contributed by atoms with E-state index in [4.69, 9.17) is 20.9 Å². The van der Waals surface area contributed by atoms with Crippen LogP contribution in [0, 0.1) is 0 Å². The summed E-state index contributed by atoms with van der Waals surface area (Å²) in [6, 6.07) is 10.9. The zero-order valence-electron chi connectivity index (χ0n) is 27.5. The van der Waals surface area contributed by atoms with Gasteiger partial charge in [0.2, 0.25) is 11.9 Å². The number of aromatic nitrogens is 5. The average Bonchev–Trinajstić information content (AvgIpc) is 3.08. The van der Waals surface area contributed by atoms with Crippen molar-refractivity contribution in [2.75, 3.05) is 29.1 Å². The lowest BCUT2D eigenvalue weighted by molar-refractivity contribution is -0.157. The molecular formula is C31H37N11O6S2. The maximum Gasteiger partial charge on any atom is 0.426 e. The maximum atomic E-state index is 13.1. The van der Waals surface area contributed by atoms with E-state index in [0.717, 1.165) is 5.03 Å². The van der Waals surface area contributed by atoms with Gasteiger partial charge in [0.25, 0.3) is 5.91 Å². The average molecular weight is 724 g/mol. The van der Waals surface area contributed by atoms with Gasteiger partial charge in [-0.15, -0.1) is 0 Å². The lowest BCUT2D eigenvalue weighted by Crippen LogP contribution is -2.46. The Hall–Kier alpha value is -5.43. The van der Waals surface area contributed by atoms with Gasteiger partial charge >= 0.3 is 12.1 Å². The van der Waals surface area contributed by atoms with E-state index >= 15 is 0 Å². The first kappa shape index (κ1) is 37.4. The largest absolute Gasteiger partial charge is 0.458 e. The Kier molecular flexibility index (Phi) is 13.3. The van der Waals surface area contributed by atoms with Gasteiger partial charge in [-0.3, -0.25) is 15.0 Å². The molecule has 0 aliphatic heterocycles. The Morgan fingerprint density at radius 2 is 1.74 bits per heavy atom. The fourth-order valence-electron chi connectivity index (χ4n) is 4.03. The Bertz CT molecular complexity index is 1790. The minimum atomic E-state index is -1.15. The number of amides is 3. The van der Waals surface area contributed by atoms with Crippen molar-refractivity contribution in [2.45, 2.75) is 56.8 Å². The van der Waals surface area contributed by atoms with E-state index in [0.29, 0.717) is 29.2 Å². The molecule has 0 spiro atoms. The van der Waals surface area contributed by atoms with E-state index in [1.54, 1.807) is 51.2 Å². The van der Waals surface area contributed by atoms with Crippen LogP contribution in [0.3, 0.4) is 0 Å². The molecule has 0 radical (unpaired) electrons. The molecule has 4 rings (SSSR count). The Morgan fingerprint density at radius 1 is 0.960 bits per heavy atom. The molecule has 19 heteroatoms. The molecule has 3 amide bonds. The summed E-state index contributed by atoms with van der Waals surface area (Å²) in [6.07, 6.45) is 2.07. The quantitative estimate of drug-likeness (QED) is 0.0473. The molecule has 1 unspecified atom stereocenters. The molecular weight excluding hydrogens is 687 g/mol. The molecule has 0 aliphatic carbocycles. The van der Waals surface area contributed by atoms with Gasteiger partial charge < -0.3 is 31.6 Å². The predicted molar refractivity (Wildman–Crippen MR) is 189 cm³/mol. The molecule has 17 nitrogen and oxygen atoms in total. The molecule has 0 aliphatic rings. The minimum absolute atomic E-state index is 0.00683. The third-order valence-electron chi connectivity index (χ3n) is 6.26. The number of hydrogen-bond acceptors (Lipinski definition) is 16. The summed E-state index contributed by atoms with van der Waals surface area (Å²) in [5, 5.41) is 6.66. The van der Waals surface area contributed by atoms with Crippen molar-refractivity contribution in [3.8, 4) is 0 Å². The molecule has 3 aromatic heterocycles. The van der Waals surface area contributed by atoms with E-state index in [2.05, 4.69) is 46.4 Å². The standard InChI is InChI=1S/C31H37N11O6S2/c1-31(2,3)48-28(45)21(11-12-22(43)41-42-30(46)47-14-15-49-50-23-6-4-5-13-34-23)38-27(44)18-7-9-19(10-8-18)35-16-20-17-36-26-24(37-20)25(32)39-29(33)40-26/h4-10,13,17,21,35H,11-12,14-16H2,1-3H3,(H,38,44)(H,41,43)(H,42,46)(H4,32,33,36,39,40). The van der Waals surface area contributed by atoms with Crippen LogP contribution < -0.4 is 33.0 Å². The SMILES string of the molecule is CC(C)(C)OC(=O)C(CCC(=O)NNC(=O)OCCSSc1ccccn1)NC(=O)c1ccc(NCc2cnc3nc(N)nc(N)c3n2)cc1. The van der Waals surface area contributed by atoms with Crippen molar-refractivity contribution in [3.63, 3.8) is 0 Å². The minimum Gasteiger partial charge on any atom is -0.458 e. The topological polar surface area (TPSA) is 251 Å². The summed E-state index contributed by atoms with van der Waals surface area (Å²) in [7, 11) is 2.91. The molecule has 8 N–H and O–H groups in total. The van der Waals surface area contributed by atoms with Gasteiger partial charge in [0.05, 0.1) is 18.4 Å². The predicted octanol–water partition coefficient (Wildman–Crippen LogP) is 3.01. The number of anilines is 3. The number of nitrogens with two attached hydrogens (primary N) is 2. The van der Waals surface area contributed by atoms with Gasteiger partial charge in [-0.25, -0.2) is 30.0 Å². The van der Waals surface area contributed by atoms with Crippen molar-refractivity contribution >= 4 is 74.1 Å². The number of nitrogen functional groups attached to an aromatic ring is 2. The fraction of sp³-hybridized carbons (Fsp3) is 0.323. The number of hydrazine groups is 1. The van der Waals surface area contributed by atoms with E-state index in [-0.39, 0.29) is 42.4 Å². The van der Waals surface area contributed by atoms with Crippen molar-refractivity contribution in [3.05, 3.63) is 66.1 Å². The molecule has 4 aromatic rings. The third-order valence-corrected chi connectivity index (χ3v) is 8.49.